The van der Waals surface area contributed by atoms with Crippen molar-refractivity contribution in [1.82, 2.24) is 15.3 Å². The highest BCUT2D eigenvalue weighted by Crippen LogP contribution is 2.17. The molecule has 1 aliphatic heterocycles. The van der Waals surface area contributed by atoms with E-state index in [-0.39, 0.29) is 12.2 Å². The van der Waals surface area contributed by atoms with Gasteiger partial charge in [0.15, 0.2) is 0 Å². The number of nitrogens with zero attached hydrogens (tertiary/aromatic N) is 2. The zero-order valence-corrected chi connectivity index (χ0v) is 9.64. The highest BCUT2D eigenvalue weighted by Gasteiger charge is 2.16. The van der Waals surface area contributed by atoms with Gasteiger partial charge in [-0.3, -0.25) is 0 Å². The molecule has 0 bridgehead atoms. The summed E-state index contributed by atoms with van der Waals surface area (Å²) in [6.45, 7) is 5.81. The summed E-state index contributed by atoms with van der Waals surface area (Å²) in [4.78, 5) is 8.09. The normalized spacial score (nSPS) is 20.1. The molecule has 0 aliphatic carbocycles. The molecule has 5 nitrogen and oxygen atoms in total. The van der Waals surface area contributed by atoms with Crippen LogP contribution in [0.4, 0.5) is 0 Å². The van der Waals surface area contributed by atoms with E-state index in [1.165, 1.54) is 6.33 Å². The predicted octanol–water partition coefficient (Wildman–Crippen LogP) is 1.00. The van der Waals surface area contributed by atoms with Crippen LogP contribution in [0.15, 0.2) is 12.4 Å². The van der Waals surface area contributed by atoms with Gasteiger partial charge in [0.1, 0.15) is 12.4 Å². The number of hydrogen-bond acceptors (Lipinski definition) is 5. The van der Waals surface area contributed by atoms with E-state index in [2.05, 4.69) is 15.3 Å². The summed E-state index contributed by atoms with van der Waals surface area (Å²) in [7, 11) is 0. The summed E-state index contributed by atoms with van der Waals surface area (Å²) >= 11 is 0. The molecule has 0 saturated carbocycles. The molecule has 1 aromatic heterocycles. The maximum absolute atomic E-state index is 5.70. The van der Waals surface area contributed by atoms with Crippen molar-refractivity contribution in [2.45, 2.75) is 32.5 Å². The zero-order chi connectivity index (χ0) is 11.4. The lowest BCUT2D eigenvalue weighted by Crippen LogP contribution is -2.20. The second kappa shape index (κ2) is 5.12. The summed E-state index contributed by atoms with van der Waals surface area (Å²) in [6, 6.07) is 1.73. The number of aromatic nitrogens is 2. The molecule has 1 fully saturated rings. The minimum atomic E-state index is 0.107. The lowest BCUT2D eigenvalue weighted by molar-refractivity contribution is 0.205. The quantitative estimate of drug-likeness (QED) is 0.825. The van der Waals surface area contributed by atoms with E-state index in [9.17, 15) is 0 Å². The largest absolute Gasteiger partial charge is 0.475 e. The molecule has 1 saturated heterocycles. The molecule has 16 heavy (non-hydrogen) atoms. The molecule has 88 valence electrons. The van der Waals surface area contributed by atoms with Crippen molar-refractivity contribution in [2.75, 3.05) is 13.1 Å². The maximum atomic E-state index is 5.70. The van der Waals surface area contributed by atoms with Gasteiger partial charge in [-0.2, -0.15) is 0 Å². The van der Waals surface area contributed by atoms with Gasteiger partial charge in [-0.15, -0.1) is 0 Å². The van der Waals surface area contributed by atoms with Crippen molar-refractivity contribution >= 4 is 0 Å². The van der Waals surface area contributed by atoms with Crippen LogP contribution in [0.2, 0.25) is 0 Å². The molecule has 1 aliphatic rings. The van der Waals surface area contributed by atoms with Gasteiger partial charge >= 0.3 is 0 Å². The molecule has 5 heteroatoms. The van der Waals surface area contributed by atoms with Crippen molar-refractivity contribution in [1.29, 1.82) is 0 Å². The molecule has 1 unspecified atom stereocenters. The Morgan fingerprint density at radius 2 is 2.19 bits per heavy atom. The van der Waals surface area contributed by atoms with Crippen molar-refractivity contribution in [2.24, 2.45) is 0 Å². The van der Waals surface area contributed by atoms with E-state index in [4.69, 9.17) is 9.47 Å². The molecular formula is C11H17N3O2. The van der Waals surface area contributed by atoms with Crippen LogP contribution in [0.5, 0.6) is 11.8 Å². The fraction of sp³-hybridized carbons (Fsp3) is 0.636. The number of hydrogen-bond donors (Lipinski definition) is 1. The second-order valence-electron chi connectivity index (χ2n) is 4.09. The lowest BCUT2D eigenvalue weighted by Gasteiger charge is -2.12. The van der Waals surface area contributed by atoms with Crippen LogP contribution in [0, 0.1) is 0 Å². The number of nitrogens with one attached hydrogen (secondary N) is 1. The predicted molar refractivity (Wildman–Crippen MR) is 59.7 cm³/mol. The average molecular weight is 223 g/mol. The first-order valence-electron chi connectivity index (χ1n) is 5.60. The molecule has 2 heterocycles. The minimum Gasteiger partial charge on any atom is -0.475 e. The summed E-state index contributed by atoms with van der Waals surface area (Å²) in [5.74, 6) is 1.14. The van der Waals surface area contributed by atoms with Crippen LogP contribution in [-0.4, -0.2) is 35.3 Å². The van der Waals surface area contributed by atoms with E-state index in [0.717, 1.165) is 19.5 Å². The third-order valence-corrected chi connectivity index (χ3v) is 2.28. The fourth-order valence-electron chi connectivity index (χ4n) is 1.59. The lowest BCUT2D eigenvalue weighted by atomic mass is 10.3. The molecule has 0 spiro atoms. The van der Waals surface area contributed by atoms with Gasteiger partial charge < -0.3 is 14.8 Å². The van der Waals surface area contributed by atoms with Crippen LogP contribution < -0.4 is 14.8 Å². The van der Waals surface area contributed by atoms with Gasteiger partial charge in [-0.1, -0.05) is 0 Å². The molecule has 1 aromatic rings. The van der Waals surface area contributed by atoms with Crippen LogP contribution in [0.25, 0.3) is 0 Å². The standard InChI is InChI=1S/C11H17N3O2/c1-8(2)15-10-5-11(14-7-13-10)16-9-3-4-12-6-9/h5,7-9,12H,3-4,6H2,1-2H3. The molecule has 1 atom stereocenters. The smallest absolute Gasteiger partial charge is 0.220 e. The third-order valence-electron chi connectivity index (χ3n) is 2.28. The first-order valence-corrected chi connectivity index (χ1v) is 5.60. The molecule has 0 amide bonds. The number of ether oxygens (including phenoxy) is 2. The molecule has 0 radical (unpaired) electrons. The monoisotopic (exact) mass is 223 g/mol. The van der Waals surface area contributed by atoms with Crippen molar-refractivity contribution < 1.29 is 9.47 Å². The summed E-state index contributed by atoms with van der Waals surface area (Å²) in [5.41, 5.74) is 0. The van der Waals surface area contributed by atoms with Gasteiger partial charge in [0.2, 0.25) is 11.8 Å². The Balaban J connectivity index is 1.97. The maximum Gasteiger partial charge on any atom is 0.220 e. The Kier molecular flexibility index (Phi) is 3.56. The Morgan fingerprint density at radius 3 is 2.88 bits per heavy atom. The van der Waals surface area contributed by atoms with E-state index >= 15 is 0 Å². The van der Waals surface area contributed by atoms with Gasteiger partial charge in [0.05, 0.1) is 12.2 Å². The van der Waals surface area contributed by atoms with Crippen molar-refractivity contribution in [3.8, 4) is 11.8 Å². The minimum absolute atomic E-state index is 0.107. The van der Waals surface area contributed by atoms with Crippen LogP contribution in [-0.2, 0) is 0 Å². The average Bonchev–Trinajstić information content (AvgIpc) is 2.70. The molecule has 1 N–H and O–H groups in total. The first-order chi connectivity index (χ1) is 7.74. The van der Waals surface area contributed by atoms with Gasteiger partial charge in [-0.05, 0) is 26.8 Å². The number of rotatable bonds is 4. The van der Waals surface area contributed by atoms with Crippen LogP contribution in [0.1, 0.15) is 20.3 Å². The van der Waals surface area contributed by atoms with Gasteiger partial charge in [0, 0.05) is 6.54 Å². The highest BCUT2D eigenvalue weighted by molar-refractivity contribution is 5.18. The van der Waals surface area contributed by atoms with Gasteiger partial charge in [-0.25, -0.2) is 9.97 Å². The van der Waals surface area contributed by atoms with Crippen molar-refractivity contribution in [3.05, 3.63) is 12.4 Å². The Hall–Kier alpha value is -1.36. The topological polar surface area (TPSA) is 56.3 Å². The zero-order valence-electron chi connectivity index (χ0n) is 9.64. The SMILES string of the molecule is CC(C)Oc1cc(OC2CCNC2)ncn1. The highest BCUT2D eigenvalue weighted by atomic mass is 16.5. The fourth-order valence-corrected chi connectivity index (χ4v) is 1.59. The Morgan fingerprint density at radius 1 is 1.38 bits per heavy atom. The Bertz CT molecular complexity index is 338. The van der Waals surface area contributed by atoms with Crippen LogP contribution in [0.3, 0.4) is 0 Å². The van der Waals surface area contributed by atoms with Gasteiger partial charge in [0.25, 0.3) is 0 Å². The third kappa shape index (κ3) is 3.06. The molecule has 2 rings (SSSR count). The van der Waals surface area contributed by atoms with E-state index in [1.54, 1.807) is 6.07 Å². The second-order valence-corrected chi connectivity index (χ2v) is 4.09. The van der Waals surface area contributed by atoms with E-state index in [0.29, 0.717) is 11.8 Å². The van der Waals surface area contributed by atoms with E-state index < -0.39 is 0 Å². The molecular weight excluding hydrogens is 206 g/mol. The summed E-state index contributed by atoms with van der Waals surface area (Å²) in [6.07, 6.45) is 2.80. The van der Waals surface area contributed by atoms with Crippen molar-refractivity contribution in [3.63, 3.8) is 0 Å². The van der Waals surface area contributed by atoms with Crippen LogP contribution >= 0.6 is 0 Å². The summed E-state index contributed by atoms with van der Waals surface area (Å²) < 4.78 is 11.2. The molecule has 0 aromatic carbocycles. The first kappa shape index (κ1) is 11.1. The summed E-state index contributed by atoms with van der Waals surface area (Å²) in [5, 5.41) is 3.24. The Labute approximate surface area is 95.2 Å². The van der Waals surface area contributed by atoms with E-state index in [1.807, 2.05) is 13.8 Å².